The zero-order chi connectivity index (χ0) is 19.9. The molecule has 0 unspecified atom stereocenters. The van der Waals surface area contributed by atoms with Crippen molar-refractivity contribution in [2.24, 2.45) is 0 Å². The van der Waals surface area contributed by atoms with E-state index in [0.29, 0.717) is 0 Å². The predicted molar refractivity (Wildman–Crippen MR) is 84.0 cm³/mol. The molecule has 0 fully saturated rings. The van der Waals surface area contributed by atoms with Crippen LogP contribution in [0.3, 0.4) is 0 Å². The molecule has 1 heterocycles. The van der Waals surface area contributed by atoms with Crippen LogP contribution >= 0.6 is 0 Å². The van der Waals surface area contributed by atoms with Gasteiger partial charge in [0.15, 0.2) is 23.3 Å². The van der Waals surface area contributed by atoms with Gasteiger partial charge in [0.25, 0.3) is 0 Å². The Labute approximate surface area is 148 Å². The van der Waals surface area contributed by atoms with E-state index >= 15 is 0 Å². The lowest BCUT2D eigenvalue weighted by Crippen LogP contribution is -2.07. The highest BCUT2D eigenvalue weighted by Crippen LogP contribution is 2.36. The van der Waals surface area contributed by atoms with Crippen LogP contribution in [0.5, 0.6) is 0 Å². The van der Waals surface area contributed by atoms with Crippen molar-refractivity contribution < 1.29 is 26.3 Å². The Morgan fingerprint density at radius 1 is 0.815 bits per heavy atom. The van der Waals surface area contributed by atoms with Crippen molar-refractivity contribution in [2.75, 3.05) is 5.73 Å². The fraction of sp³-hybridized carbons (Fsp3) is 0. The minimum atomic E-state index is -2.33. The van der Waals surface area contributed by atoms with Crippen LogP contribution in [0.2, 0.25) is 0 Å². The van der Waals surface area contributed by atoms with E-state index in [1.807, 2.05) is 0 Å². The maximum Gasteiger partial charge on any atom is 0.200 e. The Hall–Kier alpha value is -3.54. The van der Waals surface area contributed by atoms with Crippen molar-refractivity contribution in [1.82, 2.24) is 4.98 Å². The topological polar surface area (TPSA) is 62.7 Å². The number of benzene rings is 2. The molecule has 0 bridgehead atoms. The average Bonchev–Trinajstić information content (AvgIpc) is 2.65. The molecule has 0 spiro atoms. The molecule has 27 heavy (non-hydrogen) atoms. The van der Waals surface area contributed by atoms with Crippen LogP contribution in [0.25, 0.3) is 22.4 Å². The number of anilines is 1. The second-order valence-corrected chi connectivity index (χ2v) is 5.38. The van der Waals surface area contributed by atoms with Gasteiger partial charge in [-0.25, -0.2) is 31.3 Å². The van der Waals surface area contributed by atoms with E-state index in [-0.39, 0.29) is 11.3 Å². The molecule has 9 heteroatoms. The molecule has 0 aliphatic heterocycles. The Kier molecular flexibility index (Phi) is 4.49. The summed E-state index contributed by atoms with van der Waals surface area (Å²) in [5.41, 5.74) is 3.33. The number of aromatic nitrogens is 1. The highest BCUT2D eigenvalue weighted by atomic mass is 19.2. The molecule has 3 nitrogen and oxygen atoms in total. The van der Waals surface area contributed by atoms with Gasteiger partial charge in [-0.2, -0.15) is 5.26 Å². The van der Waals surface area contributed by atoms with Crippen LogP contribution in [0.4, 0.5) is 32.2 Å². The van der Waals surface area contributed by atoms with E-state index in [4.69, 9.17) is 5.73 Å². The van der Waals surface area contributed by atoms with E-state index in [1.165, 1.54) is 18.2 Å². The van der Waals surface area contributed by atoms with Crippen LogP contribution in [-0.2, 0) is 0 Å². The third-order valence-corrected chi connectivity index (χ3v) is 3.78. The summed E-state index contributed by atoms with van der Waals surface area (Å²) in [4.78, 5) is 3.88. The van der Waals surface area contributed by atoms with Gasteiger partial charge in [-0.15, -0.1) is 0 Å². The van der Waals surface area contributed by atoms with Crippen LogP contribution in [0.15, 0.2) is 30.3 Å². The van der Waals surface area contributed by atoms with Crippen molar-refractivity contribution >= 4 is 5.82 Å². The summed E-state index contributed by atoms with van der Waals surface area (Å²) >= 11 is 0. The summed E-state index contributed by atoms with van der Waals surface area (Å²) in [6, 6.07) is 7.17. The number of pyridine rings is 1. The molecule has 0 aliphatic carbocycles. The van der Waals surface area contributed by atoms with Gasteiger partial charge in [0, 0.05) is 11.1 Å². The Morgan fingerprint density at radius 2 is 1.33 bits per heavy atom. The molecule has 3 rings (SSSR count). The maximum atomic E-state index is 14.2. The molecule has 0 saturated heterocycles. The summed E-state index contributed by atoms with van der Waals surface area (Å²) in [6.07, 6.45) is 0. The smallest absolute Gasteiger partial charge is 0.200 e. The lowest BCUT2D eigenvalue weighted by Gasteiger charge is -2.13. The van der Waals surface area contributed by atoms with E-state index < -0.39 is 57.4 Å². The minimum Gasteiger partial charge on any atom is -0.383 e. The van der Waals surface area contributed by atoms with E-state index in [0.717, 1.165) is 18.2 Å². The number of nitrogens with two attached hydrogens (primary N) is 1. The molecule has 2 aromatic carbocycles. The molecule has 1 aromatic heterocycles. The SMILES string of the molecule is N#Cc1c(-c2c(F)c(F)c(F)c(F)c2F)cc(-c2ccc(F)cc2)nc1N. The third kappa shape index (κ3) is 2.95. The standard InChI is InChI=1S/C18H7F6N3/c19-8-3-1-7(2-4-8)11-5-9(10(6-25)18(26)27-11)12-13(20)15(22)17(24)16(23)14(12)21/h1-5H,(H2,26,27). The van der Waals surface area contributed by atoms with Gasteiger partial charge in [-0.1, -0.05) is 0 Å². The first kappa shape index (κ1) is 18.3. The summed E-state index contributed by atoms with van der Waals surface area (Å²) < 4.78 is 81.8. The molecule has 0 radical (unpaired) electrons. The van der Waals surface area contributed by atoms with E-state index in [2.05, 4.69) is 4.98 Å². The minimum absolute atomic E-state index is 0.0505. The van der Waals surface area contributed by atoms with E-state index in [1.54, 1.807) is 0 Å². The van der Waals surface area contributed by atoms with Crippen molar-refractivity contribution in [3.63, 3.8) is 0 Å². The Morgan fingerprint density at radius 3 is 1.85 bits per heavy atom. The normalized spacial score (nSPS) is 10.7. The van der Waals surface area contributed by atoms with Gasteiger partial charge in [0.2, 0.25) is 5.82 Å². The predicted octanol–water partition coefficient (Wildman–Crippen LogP) is 4.70. The van der Waals surface area contributed by atoms with E-state index in [9.17, 15) is 31.6 Å². The number of hydrogen-bond acceptors (Lipinski definition) is 3. The number of hydrogen-bond donors (Lipinski definition) is 1. The molecular formula is C18H7F6N3. The molecular weight excluding hydrogens is 372 g/mol. The molecule has 2 N–H and O–H groups in total. The fourth-order valence-corrected chi connectivity index (χ4v) is 2.49. The van der Waals surface area contributed by atoms with Crippen LogP contribution in [-0.4, -0.2) is 4.98 Å². The quantitative estimate of drug-likeness (QED) is 0.399. The first-order valence-corrected chi connectivity index (χ1v) is 7.24. The molecule has 0 aliphatic rings. The Bertz CT molecular complexity index is 1070. The van der Waals surface area contributed by atoms with Gasteiger partial charge >= 0.3 is 0 Å². The number of nitrogen functional groups attached to an aromatic ring is 1. The third-order valence-electron chi connectivity index (χ3n) is 3.78. The van der Waals surface area contributed by atoms with Gasteiger partial charge in [-0.3, -0.25) is 0 Å². The maximum absolute atomic E-state index is 14.2. The number of rotatable bonds is 2. The second-order valence-electron chi connectivity index (χ2n) is 5.38. The highest BCUT2D eigenvalue weighted by Gasteiger charge is 2.29. The summed E-state index contributed by atoms with van der Waals surface area (Å²) in [7, 11) is 0. The van der Waals surface area contributed by atoms with Crippen molar-refractivity contribution in [2.45, 2.75) is 0 Å². The average molecular weight is 379 g/mol. The monoisotopic (exact) mass is 379 g/mol. The van der Waals surface area contributed by atoms with Crippen molar-refractivity contribution in [1.29, 1.82) is 5.26 Å². The first-order valence-electron chi connectivity index (χ1n) is 7.24. The van der Waals surface area contributed by atoms with Gasteiger partial charge in [0.1, 0.15) is 23.3 Å². The number of nitrogens with zero attached hydrogens (tertiary/aromatic N) is 2. The molecule has 136 valence electrons. The summed E-state index contributed by atoms with van der Waals surface area (Å²) in [6.45, 7) is 0. The summed E-state index contributed by atoms with van der Waals surface area (Å²) in [5.74, 6) is -11.9. The highest BCUT2D eigenvalue weighted by molar-refractivity contribution is 5.80. The van der Waals surface area contributed by atoms with Crippen LogP contribution in [0, 0.1) is 46.2 Å². The molecule has 3 aromatic rings. The van der Waals surface area contributed by atoms with Crippen LogP contribution < -0.4 is 5.73 Å². The summed E-state index contributed by atoms with van der Waals surface area (Å²) in [5, 5.41) is 9.21. The van der Waals surface area contributed by atoms with Crippen LogP contribution in [0.1, 0.15) is 5.56 Å². The van der Waals surface area contributed by atoms with Crippen molar-refractivity contribution in [3.8, 4) is 28.5 Å². The zero-order valence-corrected chi connectivity index (χ0v) is 13.1. The van der Waals surface area contributed by atoms with Gasteiger partial charge in [-0.05, 0) is 30.3 Å². The lowest BCUT2D eigenvalue weighted by atomic mass is 9.97. The fourth-order valence-electron chi connectivity index (χ4n) is 2.49. The second kappa shape index (κ2) is 6.64. The first-order chi connectivity index (χ1) is 12.8. The van der Waals surface area contributed by atoms with Gasteiger partial charge < -0.3 is 5.73 Å². The number of halogens is 6. The zero-order valence-electron chi connectivity index (χ0n) is 13.1. The largest absolute Gasteiger partial charge is 0.383 e. The number of nitriles is 1. The Balaban J connectivity index is 2.37. The van der Waals surface area contributed by atoms with Crippen molar-refractivity contribution in [3.05, 3.63) is 70.8 Å². The lowest BCUT2D eigenvalue weighted by molar-refractivity contribution is 0.381. The van der Waals surface area contributed by atoms with Gasteiger partial charge in [0.05, 0.1) is 11.3 Å². The molecule has 0 atom stereocenters. The molecule has 0 saturated carbocycles. The molecule has 0 amide bonds.